The molecule has 0 aromatic heterocycles. The number of hydrogen-bond acceptors (Lipinski definition) is 2. The van der Waals surface area contributed by atoms with Gasteiger partial charge in [-0.1, -0.05) is 54.6 Å². The monoisotopic (exact) mass is 274 g/mol. The van der Waals surface area contributed by atoms with Crippen molar-refractivity contribution < 1.29 is 0 Å². The van der Waals surface area contributed by atoms with Crippen LogP contribution in [0.25, 0.3) is 0 Å². The van der Waals surface area contributed by atoms with Crippen LogP contribution < -0.4 is 11.5 Å². The molecule has 3 aromatic rings. The van der Waals surface area contributed by atoms with Crippen LogP contribution in [0.2, 0.25) is 0 Å². The molecular weight excluding hydrogens is 256 g/mol. The minimum Gasteiger partial charge on any atom is -0.399 e. The van der Waals surface area contributed by atoms with E-state index in [0.29, 0.717) is 0 Å². The van der Waals surface area contributed by atoms with Crippen LogP contribution in [-0.4, -0.2) is 0 Å². The molecule has 4 N–H and O–H groups in total. The molecule has 0 saturated carbocycles. The molecule has 2 nitrogen and oxygen atoms in total. The molecule has 0 radical (unpaired) electrons. The quantitative estimate of drug-likeness (QED) is 0.559. The van der Waals surface area contributed by atoms with Gasteiger partial charge in [0.2, 0.25) is 0 Å². The van der Waals surface area contributed by atoms with Crippen LogP contribution in [0.1, 0.15) is 22.6 Å². The van der Waals surface area contributed by atoms with E-state index in [1.54, 1.807) is 0 Å². The summed E-state index contributed by atoms with van der Waals surface area (Å²) >= 11 is 0. The molecule has 0 spiro atoms. The summed E-state index contributed by atoms with van der Waals surface area (Å²) in [4.78, 5) is 0. The Kier molecular flexibility index (Phi) is 3.61. The average molecular weight is 274 g/mol. The summed E-state index contributed by atoms with van der Waals surface area (Å²) in [7, 11) is 0. The number of rotatable bonds is 3. The summed E-state index contributed by atoms with van der Waals surface area (Å²) in [5.74, 6) is 0.137. The molecule has 0 fully saturated rings. The van der Waals surface area contributed by atoms with Crippen LogP contribution in [0, 0.1) is 0 Å². The van der Waals surface area contributed by atoms with E-state index >= 15 is 0 Å². The normalized spacial score (nSPS) is 10.7. The lowest BCUT2D eigenvalue weighted by molar-refractivity contribution is 0.979. The zero-order valence-corrected chi connectivity index (χ0v) is 11.7. The SMILES string of the molecule is Nc1cccc(C(c2ccccc2)c2cccc(N)c2)c1. The minimum atomic E-state index is 0.137. The van der Waals surface area contributed by atoms with E-state index < -0.39 is 0 Å². The van der Waals surface area contributed by atoms with E-state index in [4.69, 9.17) is 11.5 Å². The van der Waals surface area contributed by atoms with Gasteiger partial charge < -0.3 is 11.5 Å². The van der Waals surface area contributed by atoms with Gasteiger partial charge in [0.15, 0.2) is 0 Å². The summed E-state index contributed by atoms with van der Waals surface area (Å²) < 4.78 is 0. The molecule has 3 rings (SSSR count). The molecule has 0 amide bonds. The van der Waals surface area contributed by atoms with Gasteiger partial charge in [0.05, 0.1) is 0 Å². The lowest BCUT2D eigenvalue weighted by atomic mass is 9.85. The molecule has 0 bridgehead atoms. The van der Waals surface area contributed by atoms with Crippen molar-refractivity contribution in [2.45, 2.75) is 5.92 Å². The number of nitrogen functional groups attached to an aromatic ring is 2. The van der Waals surface area contributed by atoms with Crippen molar-refractivity contribution in [1.82, 2.24) is 0 Å². The largest absolute Gasteiger partial charge is 0.399 e. The number of nitrogens with two attached hydrogens (primary N) is 2. The van der Waals surface area contributed by atoms with Crippen LogP contribution in [0.3, 0.4) is 0 Å². The van der Waals surface area contributed by atoms with E-state index in [0.717, 1.165) is 11.4 Å². The highest BCUT2D eigenvalue weighted by Gasteiger charge is 2.16. The van der Waals surface area contributed by atoms with Gasteiger partial charge in [0, 0.05) is 17.3 Å². The van der Waals surface area contributed by atoms with Crippen molar-refractivity contribution in [3.05, 3.63) is 95.6 Å². The predicted molar refractivity (Wildman–Crippen MR) is 89.1 cm³/mol. The fourth-order valence-corrected chi connectivity index (χ4v) is 2.70. The third-order valence-corrected chi connectivity index (χ3v) is 3.62. The molecule has 0 aliphatic carbocycles. The van der Waals surface area contributed by atoms with Crippen LogP contribution in [0.15, 0.2) is 78.9 Å². The van der Waals surface area contributed by atoms with Crippen molar-refractivity contribution >= 4 is 11.4 Å². The van der Waals surface area contributed by atoms with Gasteiger partial charge in [-0.3, -0.25) is 0 Å². The summed E-state index contributed by atoms with van der Waals surface area (Å²) in [5.41, 5.74) is 17.0. The van der Waals surface area contributed by atoms with Crippen molar-refractivity contribution in [2.24, 2.45) is 0 Å². The molecule has 0 aliphatic heterocycles. The van der Waals surface area contributed by atoms with Crippen molar-refractivity contribution in [3.8, 4) is 0 Å². The van der Waals surface area contributed by atoms with Gasteiger partial charge in [0.25, 0.3) is 0 Å². The maximum atomic E-state index is 5.96. The Morgan fingerprint density at radius 1 is 0.524 bits per heavy atom. The molecule has 3 aromatic carbocycles. The van der Waals surface area contributed by atoms with E-state index in [-0.39, 0.29) is 5.92 Å². The first-order chi connectivity index (χ1) is 10.2. The first kappa shape index (κ1) is 13.3. The fraction of sp³-hybridized carbons (Fsp3) is 0.0526. The molecule has 0 aliphatic rings. The Balaban J connectivity index is 2.16. The second-order valence-electron chi connectivity index (χ2n) is 5.18. The summed E-state index contributed by atoms with van der Waals surface area (Å²) in [5, 5.41) is 0. The molecule has 104 valence electrons. The summed E-state index contributed by atoms with van der Waals surface area (Å²) in [6, 6.07) is 26.5. The van der Waals surface area contributed by atoms with Crippen molar-refractivity contribution in [2.75, 3.05) is 11.5 Å². The first-order valence-corrected chi connectivity index (χ1v) is 7.00. The highest BCUT2D eigenvalue weighted by atomic mass is 14.5. The molecule has 0 heterocycles. The third kappa shape index (κ3) is 2.90. The summed E-state index contributed by atoms with van der Waals surface area (Å²) in [6.45, 7) is 0. The van der Waals surface area contributed by atoms with Gasteiger partial charge in [-0.2, -0.15) is 0 Å². The lowest BCUT2D eigenvalue weighted by Gasteiger charge is -2.19. The molecular formula is C19H18N2. The molecule has 0 unspecified atom stereocenters. The standard InChI is InChI=1S/C19H18N2/c20-17-10-4-8-15(12-17)19(14-6-2-1-3-7-14)16-9-5-11-18(21)13-16/h1-13,19H,20-21H2. The molecule has 2 heteroatoms. The molecule has 0 saturated heterocycles. The Morgan fingerprint density at radius 2 is 1.00 bits per heavy atom. The van der Waals surface area contributed by atoms with Gasteiger partial charge in [-0.25, -0.2) is 0 Å². The maximum absolute atomic E-state index is 5.96. The topological polar surface area (TPSA) is 52.0 Å². The van der Waals surface area contributed by atoms with Crippen LogP contribution in [0.4, 0.5) is 11.4 Å². The van der Waals surface area contributed by atoms with Gasteiger partial charge in [0.1, 0.15) is 0 Å². The number of anilines is 2. The Morgan fingerprint density at radius 3 is 1.48 bits per heavy atom. The zero-order valence-electron chi connectivity index (χ0n) is 11.7. The second-order valence-corrected chi connectivity index (χ2v) is 5.18. The van der Waals surface area contributed by atoms with Crippen molar-refractivity contribution in [1.29, 1.82) is 0 Å². The van der Waals surface area contributed by atoms with E-state index in [9.17, 15) is 0 Å². The third-order valence-electron chi connectivity index (χ3n) is 3.62. The fourth-order valence-electron chi connectivity index (χ4n) is 2.70. The Labute approximate surface area is 125 Å². The zero-order chi connectivity index (χ0) is 14.7. The van der Waals surface area contributed by atoms with Gasteiger partial charge >= 0.3 is 0 Å². The molecule has 0 atom stereocenters. The average Bonchev–Trinajstić information content (AvgIpc) is 2.49. The van der Waals surface area contributed by atoms with E-state index in [2.05, 4.69) is 36.4 Å². The Bertz CT molecular complexity index is 690. The number of hydrogen-bond donors (Lipinski definition) is 2. The van der Waals surface area contributed by atoms with Crippen LogP contribution in [-0.2, 0) is 0 Å². The maximum Gasteiger partial charge on any atom is 0.0341 e. The Hall–Kier alpha value is -2.74. The second kappa shape index (κ2) is 5.71. The van der Waals surface area contributed by atoms with Gasteiger partial charge in [-0.15, -0.1) is 0 Å². The van der Waals surface area contributed by atoms with E-state index in [1.807, 2.05) is 42.5 Å². The summed E-state index contributed by atoms with van der Waals surface area (Å²) in [6.07, 6.45) is 0. The smallest absolute Gasteiger partial charge is 0.0341 e. The predicted octanol–water partition coefficient (Wildman–Crippen LogP) is 4.03. The van der Waals surface area contributed by atoms with Gasteiger partial charge in [-0.05, 0) is 41.0 Å². The highest BCUT2D eigenvalue weighted by Crippen LogP contribution is 2.33. The first-order valence-electron chi connectivity index (χ1n) is 7.00. The van der Waals surface area contributed by atoms with Crippen LogP contribution >= 0.6 is 0 Å². The van der Waals surface area contributed by atoms with Crippen LogP contribution in [0.5, 0.6) is 0 Å². The minimum absolute atomic E-state index is 0.137. The lowest BCUT2D eigenvalue weighted by Crippen LogP contribution is -2.04. The number of benzene rings is 3. The van der Waals surface area contributed by atoms with E-state index in [1.165, 1.54) is 16.7 Å². The molecule has 21 heavy (non-hydrogen) atoms. The van der Waals surface area contributed by atoms with Crippen molar-refractivity contribution in [3.63, 3.8) is 0 Å². The highest BCUT2D eigenvalue weighted by molar-refractivity contribution is 5.52.